The number of aryl methyl sites for hydroxylation is 1. The van der Waals surface area contributed by atoms with Gasteiger partial charge in [-0.05, 0) is 31.4 Å². The lowest BCUT2D eigenvalue weighted by Crippen LogP contribution is -2.51. The number of benzene rings is 1. The Kier molecular flexibility index (Phi) is 6.49. The Morgan fingerprint density at radius 2 is 1.93 bits per heavy atom. The Morgan fingerprint density at radius 3 is 2.59 bits per heavy atom. The van der Waals surface area contributed by atoms with E-state index in [2.05, 4.69) is 4.98 Å². The first-order chi connectivity index (χ1) is 13.8. The highest BCUT2D eigenvalue weighted by Gasteiger charge is 2.36. The van der Waals surface area contributed by atoms with E-state index < -0.39 is 11.5 Å². The Bertz CT molecular complexity index is 846. The third-order valence-corrected chi connectivity index (χ3v) is 5.22. The normalized spacial score (nSPS) is 16.8. The maximum atomic E-state index is 12.8. The van der Waals surface area contributed by atoms with Gasteiger partial charge in [-0.2, -0.15) is 0 Å². The molecule has 2 amide bonds. The maximum Gasteiger partial charge on any atom is 0.267 e. The molecule has 3 N–H and O–H groups in total. The number of carbonyl (C=O) groups excluding carboxylic acids is 2. The van der Waals surface area contributed by atoms with Gasteiger partial charge in [-0.3, -0.25) is 14.6 Å². The summed E-state index contributed by atoms with van der Waals surface area (Å²) in [5.74, 6) is -0.311. The van der Waals surface area contributed by atoms with Gasteiger partial charge in [0.25, 0.3) is 11.8 Å². The molecule has 1 aromatic heterocycles. The number of piperidine rings is 1. The summed E-state index contributed by atoms with van der Waals surface area (Å²) in [5, 5.41) is 10.7. The van der Waals surface area contributed by atoms with E-state index in [4.69, 9.17) is 10.5 Å². The average Bonchev–Trinajstić information content (AvgIpc) is 2.73. The van der Waals surface area contributed by atoms with Crippen LogP contribution in [-0.2, 0) is 11.2 Å². The highest BCUT2D eigenvalue weighted by Crippen LogP contribution is 2.23. The van der Waals surface area contributed by atoms with Gasteiger partial charge >= 0.3 is 0 Å². The van der Waals surface area contributed by atoms with Crippen LogP contribution in [0.15, 0.2) is 48.7 Å². The Labute approximate surface area is 170 Å². The van der Waals surface area contributed by atoms with Crippen molar-refractivity contribution in [2.45, 2.75) is 44.3 Å². The van der Waals surface area contributed by atoms with Gasteiger partial charge in [-0.1, -0.05) is 30.3 Å². The van der Waals surface area contributed by atoms with Crippen molar-refractivity contribution < 1.29 is 19.4 Å². The molecule has 2 aromatic rings. The number of aliphatic hydroxyl groups is 1. The average molecular weight is 397 g/mol. The van der Waals surface area contributed by atoms with Crippen LogP contribution < -0.4 is 10.5 Å². The summed E-state index contributed by atoms with van der Waals surface area (Å²) >= 11 is 0. The molecule has 0 saturated carbocycles. The maximum absolute atomic E-state index is 12.8. The number of hydrogen-bond donors (Lipinski definition) is 2. The molecule has 0 aliphatic carbocycles. The fourth-order valence-electron chi connectivity index (χ4n) is 3.47. The highest BCUT2D eigenvalue weighted by atomic mass is 16.5. The van der Waals surface area contributed by atoms with Gasteiger partial charge in [0, 0.05) is 38.2 Å². The van der Waals surface area contributed by atoms with E-state index in [9.17, 15) is 14.7 Å². The van der Waals surface area contributed by atoms with Gasteiger partial charge < -0.3 is 20.5 Å². The van der Waals surface area contributed by atoms with E-state index >= 15 is 0 Å². The fourth-order valence-corrected chi connectivity index (χ4v) is 3.47. The molecule has 1 aromatic carbocycles. The van der Waals surface area contributed by atoms with Crippen LogP contribution in [0.3, 0.4) is 0 Å². The molecule has 29 heavy (non-hydrogen) atoms. The molecule has 1 saturated heterocycles. The van der Waals surface area contributed by atoms with Crippen molar-refractivity contribution in [2.75, 3.05) is 13.1 Å². The second kappa shape index (κ2) is 9.05. The minimum Gasteiger partial charge on any atom is -0.490 e. The zero-order chi connectivity index (χ0) is 20.9. The second-order valence-electron chi connectivity index (χ2n) is 7.61. The van der Waals surface area contributed by atoms with Gasteiger partial charge in [0.1, 0.15) is 23.1 Å². The number of carbonyl (C=O) groups is 2. The number of ether oxygens (including phenoxy) is 1. The summed E-state index contributed by atoms with van der Waals surface area (Å²) < 4.78 is 5.92. The Hall–Kier alpha value is -2.93. The minimum atomic E-state index is -1.40. The van der Waals surface area contributed by atoms with Crippen LogP contribution in [0.4, 0.5) is 0 Å². The molecule has 1 aliphatic rings. The zero-order valence-electron chi connectivity index (χ0n) is 16.6. The number of nitrogens with zero attached hydrogens (tertiary/aromatic N) is 2. The number of hydrogen-bond acceptors (Lipinski definition) is 5. The highest BCUT2D eigenvalue weighted by molar-refractivity contribution is 5.91. The molecule has 7 heteroatoms. The van der Waals surface area contributed by atoms with E-state index in [0.717, 1.165) is 5.56 Å². The largest absolute Gasteiger partial charge is 0.490 e. The minimum absolute atomic E-state index is 0.0727. The number of pyridine rings is 1. The number of primary amides is 1. The lowest BCUT2D eigenvalue weighted by atomic mass is 9.94. The van der Waals surface area contributed by atoms with E-state index in [0.29, 0.717) is 44.5 Å². The van der Waals surface area contributed by atoms with Crippen molar-refractivity contribution in [3.63, 3.8) is 0 Å². The first-order valence-corrected chi connectivity index (χ1v) is 9.83. The predicted octanol–water partition coefficient (Wildman–Crippen LogP) is 1.93. The van der Waals surface area contributed by atoms with Crippen LogP contribution in [0.2, 0.25) is 0 Å². The number of likely N-dealkylation sites (tertiary alicyclic amines) is 1. The van der Waals surface area contributed by atoms with Gasteiger partial charge in [-0.25, -0.2) is 0 Å². The Morgan fingerprint density at radius 1 is 1.24 bits per heavy atom. The molecule has 154 valence electrons. The van der Waals surface area contributed by atoms with E-state index in [1.165, 1.54) is 12.3 Å². The van der Waals surface area contributed by atoms with Gasteiger partial charge in [0.2, 0.25) is 0 Å². The molecular formula is C22H27N3O4. The van der Waals surface area contributed by atoms with Gasteiger partial charge in [0.15, 0.2) is 0 Å². The van der Waals surface area contributed by atoms with Gasteiger partial charge in [-0.15, -0.1) is 0 Å². The number of rotatable bonds is 7. The summed E-state index contributed by atoms with van der Waals surface area (Å²) in [6.45, 7) is 2.61. The molecular weight excluding hydrogens is 370 g/mol. The van der Waals surface area contributed by atoms with Crippen LogP contribution in [0.5, 0.6) is 5.75 Å². The molecule has 7 nitrogen and oxygen atoms in total. The lowest BCUT2D eigenvalue weighted by Gasteiger charge is -2.36. The second-order valence-corrected chi connectivity index (χ2v) is 7.61. The predicted molar refractivity (Wildman–Crippen MR) is 108 cm³/mol. The monoisotopic (exact) mass is 397 g/mol. The van der Waals surface area contributed by atoms with E-state index in [-0.39, 0.29) is 17.7 Å². The summed E-state index contributed by atoms with van der Waals surface area (Å²) in [7, 11) is 0. The molecule has 0 radical (unpaired) electrons. The summed E-state index contributed by atoms with van der Waals surface area (Å²) in [5.41, 5.74) is 5.10. The SMILES string of the molecule is CC(O)(CCc1ccccc1)C(=O)N1CCC(Oc2ccnc(C(N)=O)c2)CC1. The first kappa shape index (κ1) is 20.8. The molecule has 3 rings (SSSR count). The Balaban J connectivity index is 1.51. The van der Waals surface area contributed by atoms with Gasteiger partial charge in [0.05, 0.1) is 0 Å². The van der Waals surface area contributed by atoms with Crippen LogP contribution in [0.25, 0.3) is 0 Å². The number of amides is 2. The first-order valence-electron chi connectivity index (χ1n) is 9.83. The molecule has 1 fully saturated rings. The molecule has 0 bridgehead atoms. The van der Waals surface area contributed by atoms with Crippen molar-refractivity contribution in [3.8, 4) is 5.75 Å². The van der Waals surface area contributed by atoms with Crippen molar-refractivity contribution in [1.82, 2.24) is 9.88 Å². The van der Waals surface area contributed by atoms with Crippen molar-refractivity contribution in [3.05, 3.63) is 59.9 Å². The molecule has 2 heterocycles. The van der Waals surface area contributed by atoms with E-state index in [1.54, 1.807) is 17.9 Å². The van der Waals surface area contributed by atoms with Crippen molar-refractivity contribution in [1.29, 1.82) is 0 Å². The standard InChI is InChI=1S/C22H27N3O4/c1-22(28,11-7-16-5-3-2-4-6-16)21(27)25-13-9-17(10-14-25)29-18-8-12-24-19(15-18)20(23)26/h2-6,8,12,15,17,28H,7,9-11,13-14H2,1H3,(H2,23,26). The molecule has 1 atom stereocenters. The van der Waals surface area contributed by atoms with Crippen molar-refractivity contribution >= 4 is 11.8 Å². The summed E-state index contributed by atoms with van der Waals surface area (Å²) in [4.78, 5) is 29.6. The number of nitrogens with two attached hydrogens (primary N) is 1. The smallest absolute Gasteiger partial charge is 0.267 e. The third kappa shape index (κ3) is 5.54. The van der Waals surface area contributed by atoms with Crippen LogP contribution in [-0.4, -0.2) is 51.6 Å². The summed E-state index contributed by atoms with van der Waals surface area (Å²) in [6.07, 6.45) is 3.72. The van der Waals surface area contributed by atoms with Crippen LogP contribution in [0.1, 0.15) is 42.2 Å². The third-order valence-electron chi connectivity index (χ3n) is 5.22. The quantitative estimate of drug-likeness (QED) is 0.743. The van der Waals surface area contributed by atoms with Crippen molar-refractivity contribution in [2.24, 2.45) is 5.73 Å². The van der Waals surface area contributed by atoms with Crippen LogP contribution >= 0.6 is 0 Å². The molecule has 1 aliphatic heterocycles. The van der Waals surface area contributed by atoms with Crippen LogP contribution in [0, 0.1) is 0 Å². The zero-order valence-corrected chi connectivity index (χ0v) is 16.6. The topological polar surface area (TPSA) is 106 Å². The summed E-state index contributed by atoms with van der Waals surface area (Å²) in [6, 6.07) is 13.0. The van der Waals surface area contributed by atoms with E-state index in [1.807, 2.05) is 30.3 Å². The molecule has 0 spiro atoms. The lowest BCUT2D eigenvalue weighted by molar-refractivity contribution is -0.152. The number of aromatic nitrogens is 1. The molecule has 1 unspecified atom stereocenters. The fraction of sp³-hybridized carbons (Fsp3) is 0.409.